The van der Waals surface area contributed by atoms with E-state index in [1.54, 1.807) is 18.2 Å². The van der Waals surface area contributed by atoms with Crippen molar-refractivity contribution in [1.29, 1.82) is 0 Å². The Morgan fingerprint density at radius 3 is 2.10 bits per heavy atom. The first-order valence-corrected chi connectivity index (χ1v) is 15.8. The number of rotatable bonds is 13. The molecule has 5 rings (SSSR count). The molecule has 0 bridgehead atoms. The second kappa shape index (κ2) is 16.0. The summed E-state index contributed by atoms with van der Waals surface area (Å²) in [5.74, 6) is -7.59. The summed E-state index contributed by atoms with van der Waals surface area (Å²) in [5.41, 5.74) is 2.09. The molecule has 0 saturated carbocycles. The van der Waals surface area contributed by atoms with E-state index in [9.17, 15) is 27.2 Å². The SMILES string of the molecule is CN(CC(=O)N(Cc1ccco1)c1ccc(C(=O)OCc2ccccc2)c(OCc2ccccc2)c1)Sc1c(F)c(F)c(F)c(F)c1P. The van der Waals surface area contributed by atoms with E-state index in [1.165, 1.54) is 34.6 Å². The van der Waals surface area contributed by atoms with Gasteiger partial charge in [0.2, 0.25) is 5.91 Å². The Kier molecular flexibility index (Phi) is 11.5. The summed E-state index contributed by atoms with van der Waals surface area (Å²) >= 11 is 0.536. The summed E-state index contributed by atoms with van der Waals surface area (Å²) in [6.45, 7) is -0.268. The molecule has 0 saturated heterocycles. The number of carbonyl (C=O) groups excluding carboxylic acids is 2. The molecule has 1 amide bonds. The van der Waals surface area contributed by atoms with Gasteiger partial charge in [0.15, 0.2) is 23.3 Å². The molecule has 0 spiro atoms. The minimum absolute atomic E-state index is 0.0348. The number of hydrogen-bond acceptors (Lipinski definition) is 7. The summed E-state index contributed by atoms with van der Waals surface area (Å²) in [4.78, 5) is 27.9. The number of esters is 1. The highest BCUT2D eigenvalue weighted by Gasteiger charge is 2.27. The van der Waals surface area contributed by atoms with Crippen LogP contribution in [0.15, 0.2) is 107 Å². The maximum absolute atomic E-state index is 14.6. The highest BCUT2D eigenvalue weighted by Crippen LogP contribution is 2.32. The molecule has 0 aliphatic carbocycles. The van der Waals surface area contributed by atoms with Crippen LogP contribution in [0.25, 0.3) is 0 Å². The molecule has 0 aliphatic heterocycles. The lowest BCUT2D eigenvalue weighted by Gasteiger charge is -2.26. The van der Waals surface area contributed by atoms with Crippen LogP contribution < -0.4 is 14.9 Å². The largest absolute Gasteiger partial charge is 0.488 e. The van der Waals surface area contributed by atoms with Crippen molar-refractivity contribution < 1.29 is 41.0 Å². The van der Waals surface area contributed by atoms with Gasteiger partial charge in [-0.05, 0) is 54.4 Å². The molecule has 1 heterocycles. The Morgan fingerprint density at radius 2 is 1.46 bits per heavy atom. The predicted molar refractivity (Wildman–Crippen MR) is 177 cm³/mol. The summed E-state index contributed by atoms with van der Waals surface area (Å²) in [5, 5.41) is -0.516. The van der Waals surface area contributed by atoms with Crippen LogP contribution in [0.4, 0.5) is 23.2 Å². The molecule has 1 unspecified atom stereocenters. The van der Waals surface area contributed by atoms with E-state index in [1.807, 2.05) is 69.9 Å². The van der Waals surface area contributed by atoms with Crippen molar-refractivity contribution in [3.05, 3.63) is 143 Å². The minimum atomic E-state index is -1.95. The summed E-state index contributed by atoms with van der Waals surface area (Å²) in [7, 11) is 3.26. The van der Waals surface area contributed by atoms with Gasteiger partial charge in [-0.3, -0.25) is 4.79 Å². The van der Waals surface area contributed by atoms with Crippen LogP contribution in [0.5, 0.6) is 5.75 Å². The molecule has 0 N–H and O–H groups in total. The number of amides is 1. The van der Waals surface area contributed by atoms with Gasteiger partial charge in [0, 0.05) is 17.1 Å². The van der Waals surface area contributed by atoms with Crippen molar-refractivity contribution in [2.24, 2.45) is 0 Å². The van der Waals surface area contributed by atoms with E-state index < -0.39 is 45.3 Å². The van der Waals surface area contributed by atoms with Crippen molar-refractivity contribution in [2.75, 3.05) is 18.5 Å². The molecule has 0 aliphatic rings. The van der Waals surface area contributed by atoms with E-state index >= 15 is 0 Å². The van der Waals surface area contributed by atoms with Gasteiger partial charge in [0.05, 0.1) is 24.2 Å². The van der Waals surface area contributed by atoms with Crippen LogP contribution in [-0.2, 0) is 29.3 Å². The third kappa shape index (κ3) is 8.44. The van der Waals surface area contributed by atoms with E-state index in [4.69, 9.17) is 13.9 Å². The average Bonchev–Trinajstić information content (AvgIpc) is 3.63. The van der Waals surface area contributed by atoms with E-state index in [2.05, 4.69) is 0 Å². The molecule has 1 aromatic heterocycles. The number of hydrogen-bond donors (Lipinski definition) is 0. The molecule has 13 heteroatoms. The molecule has 4 aromatic carbocycles. The van der Waals surface area contributed by atoms with Crippen LogP contribution >= 0.6 is 21.2 Å². The third-order valence-electron chi connectivity index (χ3n) is 7.01. The number of nitrogens with zero attached hydrogens (tertiary/aromatic N) is 2. The van der Waals surface area contributed by atoms with Gasteiger partial charge in [0.1, 0.15) is 30.3 Å². The molecule has 7 nitrogen and oxygen atoms in total. The fourth-order valence-electron chi connectivity index (χ4n) is 4.57. The lowest BCUT2D eigenvalue weighted by Crippen LogP contribution is -2.37. The quantitative estimate of drug-likeness (QED) is 0.0317. The van der Waals surface area contributed by atoms with Gasteiger partial charge in [-0.1, -0.05) is 60.7 Å². The first-order valence-electron chi connectivity index (χ1n) is 14.5. The molecule has 48 heavy (non-hydrogen) atoms. The van der Waals surface area contributed by atoms with Crippen LogP contribution in [0.2, 0.25) is 0 Å². The van der Waals surface area contributed by atoms with Crippen molar-refractivity contribution in [1.82, 2.24) is 4.31 Å². The first kappa shape index (κ1) is 34.7. The zero-order valence-corrected chi connectivity index (χ0v) is 27.5. The molecule has 5 aromatic rings. The third-order valence-corrected chi connectivity index (χ3v) is 8.78. The highest BCUT2D eigenvalue weighted by atomic mass is 32.2. The molecular formula is C35H29F4N2O5PS. The van der Waals surface area contributed by atoms with Crippen LogP contribution in [0, 0.1) is 23.3 Å². The fourth-order valence-corrected chi connectivity index (χ4v) is 5.82. The standard InChI is InChI=1S/C35H29F4N2O5PS/c1-40(48-34-32(39)30(37)29(36)31(38)33(34)47)19-28(42)41(18-25-13-8-16-44-25)24-14-15-26(35(43)46-21-23-11-6-3-7-12-23)27(17-24)45-20-22-9-4-2-5-10-22/h2-17H,18-21,47H2,1H3. The topological polar surface area (TPSA) is 72.2 Å². The predicted octanol–water partition coefficient (Wildman–Crippen LogP) is 7.44. The highest BCUT2D eigenvalue weighted by molar-refractivity contribution is 7.97. The normalized spacial score (nSPS) is 11.1. The van der Waals surface area contributed by atoms with Gasteiger partial charge < -0.3 is 18.8 Å². The lowest BCUT2D eigenvalue weighted by molar-refractivity contribution is -0.118. The Hall–Kier alpha value is -4.64. The van der Waals surface area contributed by atoms with Crippen molar-refractivity contribution in [3.63, 3.8) is 0 Å². The van der Waals surface area contributed by atoms with Crippen molar-refractivity contribution >= 4 is 44.1 Å². The Bertz CT molecular complexity index is 1850. The van der Waals surface area contributed by atoms with Gasteiger partial charge >= 0.3 is 5.97 Å². The molecule has 1 atom stereocenters. The fraction of sp³-hybridized carbons (Fsp3) is 0.143. The molecular weight excluding hydrogens is 667 g/mol. The number of furan rings is 1. The van der Waals surface area contributed by atoms with Crippen LogP contribution in [-0.4, -0.2) is 29.8 Å². The van der Waals surface area contributed by atoms with E-state index in [0.29, 0.717) is 23.4 Å². The van der Waals surface area contributed by atoms with Crippen LogP contribution in [0.3, 0.4) is 0 Å². The van der Waals surface area contributed by atoms with Gasteiger partial charge in [0.25, 0.3) is 0 Å². The zero-order valence-electron chi connectivity index (χ0n) is 25.5. The number of likely N-dealkylation sites (N-methyl/N-ethyl adjacent to an activating group) is 1. The van der Waals surface area contributed by atoms with E-state index in [0.717, 1.165) is 11.1 Å². The molecule has 0 fully saturated rings. The Morgan fingerprint density at radius 1 is 0.812 bits per heavy atom. The van der Waals surface area contributed by atoms with E-state index in [-0.39, 0.29) is 37.6 Å². The number of ether oxygens (including phenoxy) is 2. The number of benzene rings is 4. The van der Waals surface area contributed by atoms with Crippen LogP contribution in [0.1, 0.15) is 27.2 Å². The Labute approximate surface area is 280 Å². The maximum Gasteiger partial charge on any atom is 0.342 e. The second-order valence-corrected chi connectivity index (χ2v) is 12.2. The lowest BCUT2D eigenvalue weighted by atomic mass is 10.1. The average molecular weight is 697 g/mol. The Balaban J connectivity index is 1.42. The monoisotopic (exact) mass is 696 g/mol. The second-order valence-electron chi connectivity index (χ2n) is 10.5. The van der Waals surface area contributed by atoms with Gasteiger partial charge in [-0.2, -0.15) is 0 Å². The molecule has 0 radical (unpaired) electrons. The van der Waals surface area contributed by atoms with Crippen molar-refractivity contribution in [3.8, 4) is 5.75 Å². The molecule has 248 valence electrons. The van der Waals surface area contributed by atoms with Gasteiger partial charge in [-0.15, -0.1) is 9.24 Å². The van der Waals surface area contributed by atoms with Gasteiger partial charge in [-0.25, -0.2) is 26.7 Å². The maximum atomic E-state index is 14.6. The summed E-state index contributed by atoms with van der Waals surface area (Å²) in [6.07, 6.45) is 1.45. The first-order chi connectivity index (χ1) is 23.1. The summed E-state index contributed by atoms with van der Waals surface area (Å²) < 4.78 is 74.8. The zero-order chi connectivity index (χ0) is 34.2. The number of carbonyl (C=O) groups is 2. The van der Waals surface area contributed by atoms with Crippen molar-refractivity contribution in [2.45, 2.75) is 24.7 Å². The number of anilines is 1. The number of halogens is 4. The summed E-state index contributed by atoms with van der Waals surface area (Å²) in [6, 6.07) is 26.3. The smallest absolute Gasteiger partial charge is 0.342 e. The minimum Gasteiger partial charge on any atom is -0.488 e.